The van der Waals surface area contributed by atoms with Gasteiger partial charge in [0.2, 0.25) is 0 Å². The minimum absolute atomic E-state index is 0.180. The van der Waals surface area contributed by atoms with E-state index in [1.807, 2.05) is 37.3 Å². The number of carbonyl (C=O) groups is 1. The van der Waals surface area contributed by atoms with Gasteiger partial charge in [-0.3, -0.25) is 4.79 Å². The number of benzene rings is 3. The van der Waals surface area contributed by atoms with Crippen LogP contribution in [0.25, 0.3) is 10.8 Å². The summed E-state index contributed by atoms with van der Waals surface area (Å²) in [6.07, 6.45) is 1.59. The van der Waals surface area contributed by atoms with Gasteiger partial charge in [0.15, 0.2) is 5.69 Å². The highest BCUT2D eigenvalue weighted by Crippen LogP contribution is 2.24. The molecule has 0 saturated carbocycles. The fourth-order valence-electron chi connectivity index (χ4n) is 3.23. The Bertz CT molecular complexity index is 1120. The molecule has 3 aromatic carbocycles. The molecule has 1 N–H and O–H groups in total. The summed E-state index contributed by atoms with van der Waals surface area (Å²) < 4.78 is 14.6. The number of halogens is 1. The second-order valence-electron chi connectivity index (χ2n) is 6.69. The van der Waals surface area contributed by atoms with Gasteiger partial charge >= 0.3 is 0 Å². The quantitative estimate of drug-likeness (QED) is 0.572. The number of hydrogen-bond acceptors (Lipinski definition) is 3. The lowest BCUT2D eigenvalue weighted by Gasteiger charge is -2.15. The summed E-state index contributed by atoms with van der Waals surface area (Å²) in [5.41, 5.74) is 2.17. The maximum Gasteiger partial charge on any atom is 0.273 e. The smallest absolute Gasteiger partial charge is 0.273 e. The maximum absolute atomic E-state index is 13.0. The normalized spacial score (nSPS) is 12.1. The first-order valence-electron chi connectivity index (χ1n) is 9.03. The fourth-order valence-corrected chi connectivity index (χ4v) is 3.23. The predicted molar refractivity (Wildman–Crippen MR) is 105 cm³/mol. The topological polar surface area (TPSA) is 59.8 Å². The van der Waals surface area contributed by atoms with Crippen molar-refractivity contribution in [2.75, 3.05) is 0 Å². The van der Waals surface area contributed by atoms with Gasteiger partial charge in [-0.1, -0.05) is 59.8 Å². The third-order valence-electron chi connectivity index (χ3n) is 4.67. The van der Waals surface area contributed by atoms with E-state index in [2.05, 4.69) is 27.8 Å². The van der Waals surface area contributed by atoms with Crippen LogP contribution in [-0.2, 0) is 6.54 Å². The second-order valence-corrected chi connectivity index (χ2v) is 6.69. The summed E-state index contributed by atoms with van der Waals surface area (Å²) in [5.74, 6) is -0.573. The van der Waals surface area contributed by atoms with Gasteiger partial charge < -0.3 is 5.32 Å². The zero-order valence-electron chi connectivity index (χ0n) is 15.3. The number of hydrogen-bond donors (Lipinski definition) is 1. The van der Waals surface area contributed by atoms with Crippen molar-refractivity contribution in [3.8, 4) is 0 Å². The monoisotopic (exact) mass is 374 g/mol. The van der Waals surface area contributed by atoms with Gasteiger partial charge in [0.25, 0.3) is 5.91 Å². The summed E-state index contributed by atoms with van der Waals surface area (Å²) in [4.78, 5) is 12.6. The summed E-state index contributed by atoms with van der Waals surface area (Å²) in [5, 5.41) is 13.2. The first kappa shape index (κ1) is 17.9. The SMILES string of the molecule is C[C@H](NC(=O)c1cn(Cc2ccc(F)cc2)nn1)c1cccc2ccccc12. The number of aromatic nitrogens is 3. The molecule has 1 amide bonds. The van der Waals surface area contributed by atoms with Crippen molar-refractivity contribution in [2.45, 2.75) is 19.5 Å². The molecule has 1 heterocycles. The van der Waals surface area contributed by atoms with E-state index in [0.29, 0.717) is 6.54 Å². The van der Waals surface area contributed by atoms with Crippen LogP contribution in [0.2, 0.25) is 0 Å². The molecule has 0 unspecified atom stereocenters. The molecule has 4 rings (SSSR count). The average molecular weight is 374 g/mol. The Labute approximate surface area is 161 Å². The van der Waals surface area contributed by atoms with Crippen LogP contribution in [0.1, 0.15) is 34.6 Å². The van der Waals surface area contributed by atoms with Crippen molar-refractivity contribution < 1.29 is 9.18 Å². The standard InChI is InChI=1S/C22H19FN4O/c1-15(19-8-4-6-17-5-2-3-7-20(17)19)24-22(28)21-14-27(26-25-21)13-16-9-11-18(23)12-10-16/h2-12,14-15H,13H2,1H3,(H,24,28)/t15-/m0/s1. The Hall–Kier alpha value is -3.54. The molecule has 0 saturated heterocycles. The minimum Gasteiger partial charge on any atom is -0.344 e. The maximum atomic E-state index is 13.0. The van der Waals surface area contributed by atoms with E-state index in [4.69, 9.17) is 0 Å². The van der Waals surface area contributed by atoms with Crippen LogP contribution in [0.15, 0.2) is 72.9 Å². The molecule has 5 nitrogen and oxygen atoms in total. The van der Waals surface area contributed by atoms with Crippen LogP contribution in [0.3, 0.4) is 0 Å². The highest BCUT2D eigenvalue weighted by Gasteiger charge is 2.16. The largest absolute Gasteiger partial charge is 0.344 e. The van der Waals surface area contributed by atoms with Gasteiger partial charge in [0.1, 0.15) is 5.82 Å². The third kappa shape index (κ3) is 3.76. The van der Waals surface area contributed by atoms with E-state index in [-0.39, 0.29) is 23.5 Å². The molecule has 0 aliphatic heterocycles. The van der Waals surface area contributed by atoms with Gasteiger partial charge in [0, 0.05) is 0 Å². The van der Waals surface area contributed by atoms with Crippen molar-refractivity contribution in [3.05, 3.63) is 95.6 Å². The lowest BCUT2D eigenvalue weighted by molar-refractivity contribution is 0.0935. The van der Waals surface area contributed by atoms with Crippen LogP contribution in [-0.4, -0.2) is 20.9 Å². The van der Waals surface area contributed by atoms with Gasteiger partial charge in [-0.15, -0.1) is 5.10 Å². The molecule has 6 heteroatoms. The second kappa shape index (κ2) is 7.60. The summed E-state index contributed by atoms with van der Waals surface area (Å²) in [6.45, 7) is 2.36. The van der Waals surface area contributed by atoms with E-state index < -0.39 is 0 Å². The zero-order chi connectivity index (χ0) is 19.5. The van der Waals surface area contributed by atoms with E-state index in [9.17, 15) is 9.18 Å². The lowest BCUT2D eigenvalue weighted by atomic mass is 9.99. The van der Waals surface area contributed by atoms with E-state index in [0.717, 1.165) is 21.9 Å². The molecule has 0 aliphatic carbocycles. The molecule has 0 aliphatic rings. The fraction of sp³-hybridized carbons (Fsp3) is 0.136. The van der Waals surface area contributed by atoms with Crippen molar-refractivity contribution in [1.29, 1.82) is 0 Å². The minimum atomic E-state index is -0.287. The third-order valence-corrected chi connectivity index (χ3v) is 4.67. The number of nitrogens with zero attached hydrogens (tertiary/aromatic N) is 3. The summed E-state index contributed by atoms with van der Waals surface area (Å²) >= 11 is 0. The van der Waals surface area contributed by atoms with E-state index in [1.165, 1.54) is 12.1 Å². The Balaban J connectivity index is 1.47. The predicted octanol–water partition coefficient (Wildman–Crippen LogP) is 4.11. The summed E-state index contributed by atoms with van der Waals surface area (Å²) in [6, 6.07) is 20.1. The number of amides is 1. The highest BCUT2D eigenvalue weighted by molar-refractivity contribution is 5.93. The number of carbonyl (C=O) groups excluding carboxylic acids is 1. The van der Waals surface area contributed by atoms with Crippen molar-refractivity contribution in [1.82, 2.24) is 20.3 Å². The van der Waals surface area contributed by atoms with Crippen molar-refractivity contribution >= 4 is 16.7 Å². The highest BCUT2D eigenvalue weighted by atomic mass is 19.1. The zero-order valence-corrected chi connectivity index (χ0v) is 15.3. The lowest BCUT2D eigenvalue weighted by Crippen LogP contribution is -2.27. The van der Waals surface area contributed by atoms with Crippen LogP contribution < -0.4 is 5.32 Å². The Kier molecular flexibility index (Phi) is 4.85. The molecule has 0 bridgehead atoms. The molecule has 28 heavy (non-hydrogen) atoms. The van der Waals surface area contributed by atoms with E-state index in [1.54, 1.807) is 23.0 Å². The van der Waals surface area contributed by atoms with Crippen molar-refractivity contribution in [2.24, 2.45) is 0 Å². The van der Waals surface area contributed by atoms with Gasteiger partial charge in [-0.2, -0.15) is 0 Å². The number of rotatable bonds is 5. The van der Waals surface area contributed by atoms with Gasteiger partial charge in [-0.05, 0) is 41.0 Å². The molecule has 1 aromatic heterocycles. The molecule has 140 valence electrons. The first-order chi connectivity index (χ1) is 13.6. The molecule has 0 radical (unpaired) electrons. The average Bonchev–Trinajstić information content (AvgIpc) is 3.18. The van der Waals surface area contributed by atoms with Crippen LogP contribution in [0.4, 0.5) is 4.39 Å². The van der Waals surface area contributed by atoms with Gasteiger partial charge in [0.05, 0.1) is 18.8 Å². The van der Waals surface area contributed by atoms with Crippen LogP contribution in [0.5, 0.6) is 0 Å². The van der Waals surface area contributed by atoms with E-state index >= 15 is 0 Å². The Morgan fingerprint density at radius 1 is 1.07 bits per heavy atom. The first-order valence-corrected chi connectivity index (χ1v) is 9.03. The van der Waals surface area contributed by atoms with Crippen LogP contribution in [0, 0.1) is 5.82 Å². The molecule has 1 atom stereocenters. The Morgan fingerprint density at radius 3 is 2.64 bits per heavy atom. The summed E-state index contributed by atoms with van der Waals surface area (Å²) in [7, 11) is 0. The molecule has 0 spiro atoms. The van der Waals surface area contributed by atoms with Crippen LogP contribution >= 0.6 is 0 Å². The van der Waals surface area contributed by atoms with Crippen molar-refractivity contribution in [3.63, 3.8) is 0 Å². The molecular formula is C22H19FN4O. The molecular weight excluding hydrogens is 355 g/mol. The number of nitrogens with one attached hydrogen (secondary N) is 1. The molecule has 0 fully saturated rings. The Morgan fingerprint density at radius 2 is 1.82 bits per heavy atom. The molecule has 4 aromatic rings. The van der Waals surface area contributed by atoms with Gasteiger partial charge in [-0.25, -0.2) is 9.07 Å². The number of fused-ring (bicyclic) bond motifs is 1.